The highest BCUT2D eigenvalue weighted by atomic mass is 16.7. The molecule has 0 bridgehead atoms. The molecule has 2 atom stereocenters. The van der Waals surface area contributed by atoms with Crippen LogP contribution in [-0.4, -0.2) is 39.2 Å². The van der Waals surface area contributed by atoms with Crippen LogP contribution in [0.2, 0.25) is 0 Å². The van der Waals surface area contributed by atoms with E-state index in [1.165, 1.54) is 6.07 Å². The van der Waals surface area contributed by atoms with E-state index in [1.807, 2.05) is 110 Å². The van der Waals surface area contributed by atoms with Crippen molar-refractivity contribution in [1.82, 2.24) is 0 Å². The number of phenols is 2. The quantitative estimate of drug-likeness (QED) is 0.159. The predicted octanol–water partition coefficient (Wildman–Crippen LogP) is 7.84. The third-order valence-electron chi connectivity index (χ3n) is 5.58. The van der Waals surface area contributed by atoms with E-state index in [4.69, 9.17) is 15.6 Å². The SMILES string of the molecule is CC.CC.CC.CCN.Cc1c(O)c(C(=O)O)cc2ccccc12.Cc1c(O)c(C2OC2O)cc2ccccc12. The first-order valence-corrected chi connectivity index (χ1v) is 13.9. The van der Waals surface area contributed by atoms with Gasteiger partial charge in [0.1, 0.15) is 23.2 Å². The average Bonchev–Trinajstić information content (AvgIpc) is 3.72. The molecule has 2 unspecified atom stereocenters. The molecule has 40 heavy (non-hydrogen) atoms. The molecule has 7 nitrogen and oxygen atoms in total. The van der Waals surface area contributed by atoms with Crippen LogP contribution < -0.4 is 5.73 Å². The second-order valence-electron chi connectivity index (χ2n) is 7.94. The standard InChI is InChI=1S/C13H12O3.C12H10O3.C2H7N.3C2H6/c1-7-9-5-3-2-4-8(9)6-10(11(7)14)12-13(15)16-12;1-7-9-5-3-2-4-8(9)6-10(11(7)13)12(14)15;1-2-3;3*1-2/h2-6,12-15H,1H3;2-6,13H,1H3,(H,14,15);2-3H2,1H3;3*1-2H3. The van der Waals surface area contributed by atoms with Gasteiger partial charge in [0.05, 0.1) is 0 Å². The fourth-order valence-electron chi connectivity index (χ4n) is 3.77. The lowest BCUT2D eigenvalue weighted by Crippen LogP contribution is -1.98. The molecular weight excluding hydrogens is 506 g/mol. The zero-order valence-corrected chi connectivity index (χ0v) is 25.3. The molecule has 1 heterocycles. The molecule has 0 aliphatic carbocycles. The first-order chi connectivity index (χ1) is 19.2. The molecule has 6 N–H and O–H groups in total. The molecule has 0 amide bonds. The van der Waals surface area contributed by atoms with E-state index in [2.05, 4.69) is 0 Å². The smallest absolute Gasteiger partial charge is 0.339 e. The van der Waals surface area contributed by atoms with Gasteiger partial charge in [-0.3, -0.25) is 0 Å². The topological polar surface area (TPSA) is 137 Å². The Bertz CT molecular complexity index is 1340. The van der Waals surface area contributed by atoms with Gasteiger partial charge in [0.15, 0.2) is 6.29 Å². The Morgan fingerprint density at radius 1 is 0.800 bits per heavy atom. The summed E-state index contributed by atoms with van der Waals surface area (Å²) in [6.45, 7) is 18.2. The lowest BCUT2D eigenvalue weighted by Gasteiger charge is -2.09. The molecular formula is C33H47NO6. The zero-order valence-electron chi connectivity index (χ0n) is 25.3. The molecule has 0 saturated carbocycles. The summed E-state index contributed by atoms with van der Waals surface area (Å²) in [6, 6.07) is 18.6. The summed E-state index contributed by atoms with van der Waals surface area (Å²) >= 11 is 0. The van der Waals surface area contributed by atoms with Crippen LogP contribution in [0.3, 0.4) is 0 Å². The van der Waals surface area contributed by atoms with Gasteiger partial charge in [-0.1, -0.05) is 97.0 Å². The second kappa shape index (κ2) is 18.6. The molecule has 7 heteroatoms. The van der Waals surface area contributed by atoms with E-state index < -0.39 is 12.3 Å². The van der Waals surface area contributed by atoms with E-state index in [0.717, 1.165) is 33.7 Å². The number of fused-ring (bicyclic) bond motifs is 2. The number of benzene rings is 4. The van der Waals surface area contributed by atoms with Crippen molar-refractivity contribution in [2.24, 2.45) is 5.73 Å². The van der Waals surface area contributed by atoms with Crippen LogP contribution in [0.1, 0.15) is 81.6 Å². The summed E-state index contributed by atoms with van der Waals surface area (Å²) in [5.41, 5.74) is 6.90. The van der Waals surface area contributed by atoms with Gasteiger partial charge in [0.2, 0.25) is 0 Å². The normalized spacial score (nSPS) is 14.3. The fourth-order valence-corrected chi connectivity index (χ4v) is 3.77. The number of hydrogen-bond acceptors (Lipinski definition) is 6. The van der Waals surface area contributed by atoms with Crippen LogP contribution in [0.5, 0.6) is 11.5 Å². The van der Waals surface area contributed by atoms with Crippen molar-refractivity contribution in [1.29, 1.82) is 0 Å². The number of nitrogens with two attached hydrogens (primary N) is 1. The monoisotopic (exact) mass is 553 g/mol. The van der Waals surface area contributed by atoms with Gasteiger partial charge in [-0.2, -0.15) is 0 Å². The summed E-state index contributed by atoms with van der Waals surface area (Å²) in [7, 11) is 0. The Morgan fingerprint density at radius 3 is 1.57 bits per heavy atom. The van der Waals surface area contributed by atoms with Crippen molar-refractivity contribution in [3.8, 4) is 11.5 Å². The Labute approximate surface area is 238 Å². The minimum absolute atomic E-state index is 0.0498. The van der Waals surface area contributed by atoms with Gasteiger partial charge in [-0.15, -0.1) is 0 Å². The summed E-state index contributed by atoms with van der Waals surface area (Å²) in [5.74, 6) is -1.04. The minimum atomic E-state index is -1.11. The fraction of sp³-hybridized carbons (Fsp3) is 0.364. The predicted molar refractivity (Wildman–Crippen MR) is 166 cm³/mol. The maximum Gasteiger partial charge on any atom is 0.339 e. The van der Waals surface area contributed by atoms with Crippen molar-refractivity contribution in [2.75, 3.05) is 6.54 Å². The molecule has 1 aliphatic rings. The van der Waals surface area contributed by atoms with E-state index in [9.17, 15) is 20.1 Å². The Hall–Kier alpha value is -3.65. The van der Waals surface area contributed by atoms with Crippen molar-refractivity contribution in [2.45, 2.75) is 74.7 Å². The zero-order chi connectivity index (χ0) is 31.0. The number of ether oxygens (including phenoxy) is 1. The van der Waals surface area contributed by atoms with Gasteiger partial charge >= 0.3 is 5.97 Å². The first-order valence-electron chi connectivity index (χ1n) is 13.9. The number of carboxylic acids is 1. The van der Waals surface area contributed by atoms with E-state index in [1.54, 1.807) is 6.92 Å². The third kappa shape index (κ3) is 9.23. The highest BCUT2D eigenvalue weighted by molar-refractivity contribution is 5.99. The van der Waals surface area contributed by atoms with Crippen LogP contribution >= 0.6 is 0 Å². The Morgan fingerprint density at radius 2 is 1.18 bits per heavy atom. The number of phenolic OH excluding ortho intramolecular Hbond substituents is 1. The highest BCUT2D eigenvalue weighted by Gasteiger charge is 2.40. The van der Waals surface area contributed by atoms with Crippen LogP contribution in [-0.2, 0) is 4.74 Å². The van der Waals surface area contributed by atoms with Crippen LogP contribution in [0.25, 0.3) is 21.5 Å². The molecule has 1 fully saturated rings. The molecule has 0 spiro atoms. The Kier molecular flexibility index (Phi) is 16.9. The lowest BCUT2D eigenvalue weighted by molar-refractivity contribution is 0.0693. The molecule has 220 valence electrons. The third-order valence-corrected chi connectivity index (χ3v) is 5.58. The van der Waals surface area contributed by atoms with Gasteiger partial charge in [0, 0.05) is 5.56 Å². The summed E-state index contributed by atoms with van der Waals surface area (Å²) in [5, 5.41) is 41.6. The van der Waals surface area contributed by atoms with Gasteiger partial charge in [0.25, 0.3) is 0 Å². The van der Waals surface area contributed by atoms with E-state index in [-0.39, 0.29) is 23.2 Å². The molecule has 5 rings (SSSR count). The number of aryl methyl sites for hydroxylation is 2. The van der Waals surface area contributed by atoms with Crippen LogP contribution in [0, 0.1) is 13.8 Å². The van der Waals surface area contributed by atoms with Gasteiger partial charge in [-0.05, 0) is 65.2 Å². The largest absolute Gasteiger partial charge is 0.507 e. The number of carbonyl (C=O) groups is 1. The van der Waals surface area contributed by atoms with Crippen LogP contribution in [0.15, 0.2) is 60.7 Å². The lowest BCUT2D eigenvalue weighted by atomic mass is 9.99. The van der Waals surface area contributed by atoms with Gasteiger partial charge < -0.3 is 30.9 Å². The highest BCUT2D eigenvalue weighted by Crippen LogP contribution is 2.44. The number of aliphatic hydroxyl groups is 1. The minimum Gasteiger partial charge on any atom is -0.507 e. The van der Waals surface area contributed by atoms with Crippen molar-refractivity contribution < 1.29 is 30.0 Å². The molecule has 4 aromatic rings. The summed E-state index contributed by atoms with van der Waals surface area (Å²) < 4.78 is 4.98. The maximum atomic E-state index is 10.9. The van der Waals surface area contributed by atoms with Crippen molar-refractivity contribution in [3.05, 3.63) is 82.9 Å². The first kappa shape index (κ1) is 36.4. The maximum absolute atomic E-state index is 10.9. The number of aliphatic hydroxyl groups excluding tert-OH is 1. The molecule has 4 aromatic carbocycles. The van der Waals surface area contributed by atoms with Crippen molar-refractivity contribution in [3.63, 3.8) is 0 Å². The summed E-state index contributed by atoms with van der Waals surface area (Å²) in [4.78, 5) is 10.9. The average molecular weight is 554 g/mol. The summed E-state index contributed by atoms with van der Waals surface area (Å²) in [6.07, 6.45) is -1.14. The van der Waals surface area contributed by atoms with Crippen LogP contribution in [0.4, 0.5) is 0 Å². The number of aromatic carboxylic acids is 1. The second-order valence-corrected chi connectivity index (χ2v) is 7.94. The van der Waals surface area contributed by atoms with Gasteiger partial charge in [-0.25, -0.2) is 4.79 Å². The van der Waals surface area contributed by atoms with E-state index in [0.29, 0.717) is 11.1 Å². The number of carboxylic acid groups (broad SMARTS) is 1. The number of aromatic hydroxyl groups is 2. The molecule has 0 radical (unpaired) electrons. The van der Waals surface area contributed by atoms with E-state index >= 15 is 0 Å². The molecule has 1 saturated heterocycles. The molecule has 1 aliphatic heterocycles. The number of epoxide rings is 1. The number of rotatable bonds is 2. The Balaban J connectivity index is 0.000000594. The molecule has 0 aromatic heterocycles. The van der Waals surface area contributed by atoms with Crippen molar-refractivity contribution >= 4 is 27.5 Å². The number of hydrogen-bond donors (Lipinski definition) is 5.